The Bertz CT molecular complexity index is 1690. The average molecular weight is 980 g/mol. The van der Waals surface area contributed by atoms with E-state index in [0.29, 0.717) is 38.0 Å². The van der Waals surface area contributed by atoms with Gasteiger partial charge in [-0.2, -0.15) is 37.0 Å². The minimum Gasteiger partial charge on any atom is -0.480 e. The monoisotopic (exact) mass is 979 g/mol. The van der Waals surface area contributed by atoms with Gasteiger partial charge in [-0.15, -0.1) is 0 Å². The number of nitrogens with two attached hydrogens (primary N) is 3. The van der Waals surface area contributed by atoms with Crippen LogP contribution in [0.25, 0.3) is 0 Å². The molecule has 0 unspecified atom stereocenters. The minimum absolute atomic E-state index is 0.0208. The van der Waals surface area contributed by atoms with Gasteiger partial charge < -0.3 is 74.2 Å². The summed E-state index contributed by atoms with van der Waals surface area (Å²) < 4.78 is 0. The number of aliphatic hydroxyl groups excluding tert-OH is 2. The number of aliphatic carboxylic acids is 1. The van der Waals surface area contributed by atoms with E-state index in [9.17, 15) is 63.3 Å². The fraction of sp³-hybridized carbons (Fsp3) is 0.737. The number of aliphatic hydroxyl groups is 2. The molecule has 2 saturated heterocycles. The summed E-state index contributed by atoms with van der Waals surface area (Å²) in [5, 5.41) is 44.3. The second kappa shape index (κ2) is 29.3. The minimum atomic E-state index is -1.63. The highest BCUT2D eigenvalue weighted by Crippen LogP contribution is 2.26. The second-order valence-corrected chi connectivity index (χ2v) is 17.2. The van der Waals surface area contributed by atoms with Gasteiger partial charge in [0.15, 0.2) is 0 Å². The van der Waals surface area contributed by atoms with E-state index in [1.54, 1.807) is 6.26 Å². The standard InChI is InChI=1S/C38H65N11O13S3/c1-65-15-11-23(33(56)47-26(19-64)38(61)62)44-34(57)24(16-50)45-35(58)27-7-4-13-48(27)37(60)28-8-5-14-49(28)36(59)25(17-51)46-32(55)22(9-10-29(41)52)43-31(54)21(6-2-3-12-39)42-30(53)20(40)18-63/h20-28,50-51,63-64H,2-19,39-40H2,1H3,(H2,41,52)(H,42,53)(H,43,54)(H,44,57)(H,45,58)(H,46,55)(H,47,56)(H,61,62)/t20-,21-,22-,23-,24-,25-,26-,27-,28-/m0/s1. The van der Waals surface area contributed by atoms with Crippen molar-refractivity contribution in [2.75, 3.05) is 56.4 Å². The van der Waals surface area contributed by atoms with Gasteiger partial charge in [-0.3, -0.25) is 43.2 Å². The summed E-state index contributed by atoms with van der Waals surface area (Å²) in [5.74, 6) is -8.51. The average Bonchev–Trinajstić information content (AvgIpc) is 3.99. The van der Waals surface area contributed by atoms with Crippen molar-refractivity contribution in [2.45, 2.75) is 119 Å². The molecule has 2 fully saturated rings. The van der Waals surface area contributed by atoms with E-state index < -0.39 is 127 Å². The summed E-state index contributed by atoms with van der Waals surface area (Å²) in [6.07, 6.45) is 3.21. The lowest BCUT2D eigenvalue weighted by molar-refractivity contribution is -0.148. The topological polar surface area (TPSA) is 388 Å². The Morgan fingerprint density at radius 3 is 1.69 bits per heavy atom. The van der Waals surface area contributed by atoms with Crippen molar-refractivity contribution in [1.29, 1.82) is 0 Å². The number of carbonyl (C=O) groups excluding carboxylic acids is 9. The SMILES string of the molecule is CSCC[C@H](NC(=O)[C@H](CO)NC(=O)[C@@H]1CCCN1C(=O)[C@@H]1CCCN1C(=O)[C@H](CO)NC(=O)[C@H](CCC(N)=O)NC(=O)[C@H](CCCCN)NC(=O)[C@@H](N)CS)C(=O)N[C@@H](CS)C(=O)O. The molecule has 0 radical (unpaired) electrons. The summed E-state index contributed by atoms with van der Waals surface area (Å²) >= 11 is 9.30. The first-order chi connectivity index (χ1) is 30.9. The number of thiol groups is 2. The van der Waals surface area contributed by atoms with Gasteiger partial charge in [0, 0.05) is 31.0 Å². The third-order valence-corrected chi connectivity index (χ3v) is 12.1. The highest BCUT2D eigenvalue weighted by molar-refractivity contribution is 7.98. The first kappa shape index (κ1) is 56.7. The number of nitrogens with one attached hydrogen (secondary N) is 6. The molecule has 27 heteroatoms. The number of hydrogen-bond donors (Lipinski definition) is 14. The third kappa shape index (κ3) is 17.7. The van der Waals surface area contributed by atoms with Crippen LogP contribution in [-0.2, 0) is 47.9 Å². The quantitative estimate of drug-likeness (QED) is 0.0245. The molecule has 0 aromatic rings. The molecular weight excluding hydrogens is 915 g/mol. The molecule has 2 heterocycles. The largest absolute Gasteiger partial charge is 0.480 e. The van der Waals surface area contributed by atoms with Crippen LogP contribution in [0.15, 0.2) is 0 Å². The predicted octanol–water partition coefficient (Wildman–Crippen LogP) is -5.72. The fourth-order valence-electron chi connectivity index (χ4n) is 7.09. The van der Waals surface area contributed by atoms with Gasteiger partial charge in [0.1, 0.15) is 48.3 Å². The van der Waals surface area contributed by atoms with Crippen LogP contribution >= 0.6 is 37.0 Å². The van der Waals surface area contributed by atoms with E-state index in [2.05, 4.69) is 57.2 Å². The normalized spacial score (nSPS) is 19.1. The maximum Gasteiger partial charge on any atom is 0.327 e. The number of nitrogens with zero attached hydrogens (tertiary/aromatic N) is 2. The molecule has 24 nitrogen and oxygen atoms in total. The highest BCUT2D eigenvalue weighted by Gasteiger charge is 2.44. The number of thioether (sulfide) groups is 1. The van der Waals surface area contributed by atoms with Gasteiger partial charge in [0.05, 0.1) is 19.3 Å². The Labute approximate surface area is 392 Å². The van der Waals surface area contributed by atoms with Crippen molar-refractivity contribution < 1.29 is 63.3 Å². The van der Waals surface area contributed by atoms with Crippen molar-refractivity contribution >= 4 is 96.2 Å². The van der Waals surface area contributed by atoms with E-state index in [4.69, 9.17) is 17.2 Å². The first-order valence-corrected chi connectivity index (χ1v) is 23.9. The number of amides is 9. The summed E-state index contributed by atoms with van der Waals surface area (Å²) in [6, 6.07) is -11.7. The zero-order valence-corrected chi connectivity index (χ0v) is 38.9. The van der Waals surface area contributed by atoms with Crippen LogP contribution in [0.4, 0.5) is 0 Å². The Kier molecular flexibility index (Phi) is 25.5. The van der Waals surface area contributed by atoms with Gasteiger partial charge >= 0.3 is 5.97 Å². The molecule has 9 atom stereocenters. The van der Waals surface area contributed by atoms with E-state index >= 15 is 0 Å². The Morgan fingerprint density at radius 1 is 0.662 bits per heavy atom. The molecule has 368 valence electrons. The molecule has 9 amide bonds. The highest BCUT2D eigenvalue weighted by atomic mass is 32.2. The number of unbranched alkanes of at least 4 members (excludes halogenated alkanes) is 1. The van der Waals surface area contributed by atoms with E-state index in [0.717, 1.165) is 4.90 Å². The van der Waals surface area contributed by atoms with Crippen LogP contribution in [0.1, 0.15) is 64.2 Å². The van der Waals surface area contributed by atoms with Crippen molar-refractivity contribution in [3.8, 4) is 0 Å². The number of rotatable bonds is 29. The van der Waals surface area contributed by atoms with Crippen molar-refractivity contribution in [1.82, 2.24) is 41.7 Å². The lowest BCUT2D eigenvalue weighted by Gasteiger charge is -2.33. The zero-order valence-electron chi connectivity index (χ0n) is 36.3. The van der Waals surface area contributed by atoms with Gasteiger partial charge in [-0.1, -0.05) is 0 Å². The molecule has 2 rings (SSSR count). The van der Waals surface area contributed by atoms with E-state index in [-0.39, 0.29) is 63.1 Å². The predicted molar refractivity (Wildman–Crippen MR) is 243 cm³/mol. The number of likely N-dealkylation sites (tertiary alicyclic amines) is 2. The Hall–Kier alpha value is -4.41. The van der Waals surface area contributed by atoms with Gasteiger partial charge in [-0.25, -0.2) is 4.79 Å². The Balaban J connectivity index is 2.21. The maximum atomic E-state index is 14.1. The van der Waals surface area contributed by atoms with Crippen molar-refractivity contribution in [3.63, 3.8) is 0 Å². The molecular formula is C38H65N11O13S3. The summed E-state index contributed by atoms with van der Waals surface area (Å²) in [5.41, 5.74) is 16.7. The number of carboxylic acids is 1. The number of carbonyl (C=O) groups is 10. The van der Waals surface area contributed by atoms with Gasteiger partial charge in [0.2, 0.25) is 53.2 Å². The van der Waals surface area contributed by atoms with Crippen molar-refractivity contribution in [3.05, 3.63) is 0 Å². The number of carboxylic acid groups (broad SMARTS) is 1. The number of hydrogen-bond acceptors (Lipinski definition) is 17. The summed E-state index contributed by atoms with van der Waals surface area (Å²) in [4.78, 5) is 133. The third-order valence-electron chi connectivity index (χ3n) is 10.7. The molecule has 0 bridgehead atoms. The maximum absolute atomic E-state index is 14.1. The molecule has 0 aromatic carbocycles. The summed E-state index contributed by atoms with van der Waals surface area (Å²) in [7, 11) is 0. The molecule has 2 aliphatic rings. The molecule has 0 saturated carbocycles. The molecule has 0 aromatic heterocycles. The molecule has 15 N–H and O–H groups in total. The summed E-state index contributed by atoms with van der Waals surface area (Å²) in [6.45, 7) is -1.40. The lowest BCUT2D eigenvalue weighted by Crippen LogP contribution is -2.61. The smallest absolute Gasteiger partial charge is 0.327 e. The van der Waals surface area contributed by atoms with Crippen LogP contribution in [0, 0.1) is 0 Å². The van der Waals surface area contributed by atoms with Crippen molar-refractivity contribution in [2.24, 2.45) is 17.2 Å². The van der Waals surface area contributed by atoms with Crippen LogP contribution < -0.4 is 49.1 Å². The van der Waals surface area contributed by atoms with Crippen LogP contribution in [0.3, 0.4) is 0 Å². The van der Waals surface area contributed by atoms with Gasteiger partial charge in [0.25, 0.3) is 0 Å². The second-order valence-electron chi connectivity index (χ2n) is 15.5. The van der Waals surface area contributed by atoms with E-state index in [1.165, 1.54) is 16.7 Å². The number of primary amides is 1. The van der Waals surface area contributed by atoms with Crippen LogP contribution in [0.2, 0.25) is 0 Å². The van der Waals surface area contributed by atoms with Crippen LogP contribution in [0.5, 0.6) is 0 Å². The molecule has 0 spiro atoms. The Morgan fingerprint density at radius 2 is 1.17 bits per heavy atom. The fourth-order valence-corrected chi connectivity index (χ4v) is 7.97. The van der Waals surface area contributed by atoms with Gasteiger partial charge in [-0.05, 0) is 76.3 Å². The zero-order chi connectivity index (χ0) is 48.8. The lowest BCUT2D eigenvalue weighted by atomic mass is 10.1. The van der Waals surface area contributed by atoms with Crippen LogP contribution in [-0.4, -0.2) is 195 Å². The first-order valence-electron chi connectivity index (χ1n) is 21.2. The molecule has 65 heavy (non-hydrogen) atoms. The van der Waals surface area contributed by atoms with E-state index in [1.807, 2.05) is 0 Å². The molecule has 2 aliphatic heterocycles. The molecule has 0 aliphatic carbocycles.